The van der Waals surface area contributed by atoms with Crippen molar-refractivity contribution >= 4 is 11.9 Å². The van der Waals surface area contributed by atoms with Crippen molar-refractivity contribution in [3.63, 3.8) is 0 Å². The lowest BCUT2D eigenvalue weighted by Crippen LogP contribution is -2.64. The molecule has 1 rings (SSSR count). The Bertz CT molecular complexity index is 303. The minimum atomic E-state index is -1.70. The fourth-order valence-corrected chi connectivity index (χ4v) is 2.05. The van der Waals surface area contributed by atoms with Crippen LogP contribution in [0.4, 0.5) is 0 Å². The fourth-order valence-electron chi connectivity index (χ4n) is 2.05. The highest BCUT2D eigenvalue weighted by Gasteiger charge is 2.61. The number of rotatable bonds is 9. The lowest BCUT2D eigenvalue weighted by molar-refractivity contribution is -0.487. The second-order valence-corrected chi connectivity index (χ2v) is 4.61. The zero-order chi connectivity index (χ0) is 13.6. The molecule has 2 N–H and O–H groups in total. The fraction of sp³-hybridized carbons (Fsp3) is 0.833. The molecule has 0 amide bonds. The minimum absolute atomic E-state index is 0.172. The molecule has 2 unspecified atom stereocenters. The van der Waals surface area contributed by atoms with Gasteiger partial charge in [0.05, 0.1) is 0 Å². The van der Waals surface area contributed by atoms with Crippen LogP contribution in [0, 0.1) is 0 Å². The molecule has 6 heteroatoms. The molecule has 0 aromatic carbocycles. The van der Waals surface area contributed by atoms with Crippen LogP contribution >= 0.6 is 0 Å². The molecule has 1 saturated heterocycles. The van der Waals surface area contributed by atoms with Crippen LogP contribution in [0.15, 0.2) is 0 Å². The molecule has 0 spiro atoms. The van der Waals surface area contributed by atoms with Gasteiger partial charge in [-0.05, 0) is 12.8 Å². The number of hydrogen-bond donors (Lipinski definition) is 2. The maximum atomic E-state index is 11.1. The Kier molecular flexibility index (Phi) is 5.55. The van der Waals surface area contributed by atoms with Gasteiger partial charge in [-0.1, -0.05) is 39.0 Å². The monoisotopic (exact) mass is 260 g/mol. The van der Waals surface area contributed by atoms with Gasteiger partial charge in [-0.15, -0.1) is 0 Å². The van der Waals surface area contributed by atoms with E-state index in [0.29, 0.717) is 6.42 Å². The lowest BCUT2D eigenvalue weighted by atomic mass is 9.88. The van der Waals surface area contributed by atoms with E-state index in [1.165, 1.54) is 6.42 Å². The van der Waals surface area contributed by atoms with Gasteiger partial charge in [0.15, 0.2) is 0 Å². The van der Waals surface area contributed by atoms with Crippen LogP contribution in [-0.4, -0.2) is 33.9 Å². The van der Waals surface area contributed by atoms with E-state index in [4.69, 9.17) is 10.2 Å². The molecular weight excluding hydrogens is 240 g/mol. The Balaban J connectivity index is 2.36. The van der Waals surface area contributed by atoms with Crippen molar-refractivity contribution in [2.75, 3.05) is 0 Å². The largest absolute Gasteiger partial charge is 0.479 e. The van der Waals surface area contributed by atoms with Crippen molar-refractivity contribution < 1.29 is 29.6 Å². The summed E-state index contributed by atoms with van der Waals surface area (Å²) >= 11 is 0. The maximum Gasteiger partial charge on any atom is 0.342 e. The Labute approximate surface area is 106 Å². The van der Waals surface area contributed by atoms with Crippen molar-refractivity contribution in [2.24, 2.45) is 0 Å². The Morgan fingerprint density at radius 1 is 1.11 bits per heavy atom. The Hall–Kier alpha value is -1.14. The molecule has 0 aliphatic carbocycles. The Morgan fingerprint density at radius 2 is 1.72 bits per heavy atom. The van der Waals surface area contributed by atoms with Gasteiger partial charge in [0.1, 0.15) is 0 Å². The van der Waals surface area contributed by atoms with Gasteiger partial charge in [0.2, 0.25) is 11.7 Å². The highest BCUT2D eigenvalue weighted by atomic mass is 17.3. The number of aliphatic carboxylic acids is 2. The van der Waals surface area contributed by atoms with Gasteiger partial charge >= 0.3 is 11.9 Å². The van der Waals surface area contributed by atoms with E-state index < -0.39 is 23.6 Å². The summed E-state index contributed by atoms with van der Waals surface area (Å²) in [6.45, 7) is 2.12. The highest BCUT2D eigenvalue weighted by molar-refractivity contribution is 5.88. The lowest BCUT2D eigenvalue weighted by Gasteiger charge is -2.40. The molecule has 0 aromatic heterocycles. The van der Waals surface area contributed by atoms with Gasteiger partial charge in [-0.3, -0.25) is 0 Å². The third-order valence-corrected chi connectivity index (χ3v) is 3.20. The summed E-state index contributed by atoms with van der Waals surface area (Å²) in [4.78, 5) is 30.9. The van der Waals surface area contributed by atoms with Crippen LogP contribution in [-0.2, 0) is 19.4 Å². The first-order chi connectivity index (χ1) is 8.54. The summed E-state index contributed by atoms with van der Waals surface area (Å²) in [6.07, 6.45) is 4.75. The van der Waals surface area contributed by atoms with Gasteiger partial charge in [-0.2, -0.15) is 0 Å². The summed E-state index contributed by atoms with van der Waals surface area (Å²) in [5.74, 6) is -2.57. The van der Waals surface area contributed by atoms with E-state index in [1.54, 1.807) is 0 Å². The molecule has 1 fully saturated rings. The topological polar surface area (TPSA) is 93.1 Å². The number of unbranched alkanes of at least 4 members (excludes halogenated alkanes) is 5. The second-order valence-electron chi connectivity index (χ2n) is 4.61. The van der Waals surface area contributed by atoms with Crippen LogP contribution in [0.3, 0.4) is 0 Å². The molecule has 104 valence electrons. The number of carboxylic acids is 2. The zero-order valence-corrected chi connectivity index (χ0v) is 10.6. The molecule has 1 heterocycles. The Morgan fingerprint density at radius 3 is 2.17 bits per heavy atom. The summed E-state index contributed by atoms with van der Waals surface area (Å²) in [5, 5.41) is 17.9. The molecule has 0 radical (unpaired) electrons. The predicted octanol–water partition coefficient (Wildman–Crippen LogP) is 1.98. The standard InChI is InChI=1S/C12H20O6/c1-2-3-4-5-6-7-8-12(11(15)16)9(10(13)14)17-18-12/h9H,2-8H2,1H3,(H,13,14)(H,15,16). The first-order valence-electron chi connectivity index (χ1n) is 6.35. The van der Waals surface area contributed by atoms with Gasteiger partial charge in [0, 0.05) is 0 Å². The van der Waals surface area contributed by atoms with Crippen molar-refractivity contribution in [3.05, 3.63) is 0 Å². The van der Waals surface area contributed by atoms with Crippen LogP contribution in [0.5, 0.6) is 0 Å². The normalized spacial score (nSPS) is 26.6. The van der Waals surface area contributed by atoms with Crippen LogP contribution in [0.1, 0.15) is 51.9 Å². The van der Waals surface area contributed by atoms with E-state index in [9.17, 15) is 9.59 Å². The second kappa shape index (κ2) is 6.70. The van der Waals surface area contributed by atoms with Crippen LogP contribution in [0.2, 0.25) is 0 Å². The molecule has 6 nitrogen and oxygen atoms in total. The van der Waals surface area contributed by atoms with Gasteiger partial charge in [0.25, 0.3) is 0 Å². The van der Waals surface area contributed by atoms with Crippen molar-refractivity contribution in [1.29, 1.82) is 0 Å². The maximum absolute atomic E-state index is 11.1. The average molecular weight is 260 g/mol. The van der Waals surface area contributed by atoms with Crippen molar-refractivity contribution in [3.8, 4) is 0 Å². The number of hydrogen-bond acceptors (Lipinski definition) is 4. The van der Waals surface area contributed by atoms with Gasteiger partial charge < -0.3 is 10.2 Å². The zero-order valence-electron chi connectivity index (χ0n) is 10.6. The van der Waals surface area contributed by atoms with Crippen LogP contribution in [0.25, 0.3) is 0 Å². The van der Waals surface area contributed by atoms with E-state index in [1.807, 2.05) is 0 Å². The van der Waals surface area contributed by atoms with E-state index in [0.717, 1.165) is 25.7 Å². The molecule has 1 aliphatic rings. The van der Waals surface area contributed by atoms with Gasteiger partial charge in [-0.25, -0.2) is 19.4 Å². The summed E-state index contributed by atoms with van der Waals surface area (Å²) in [5.41, 5.74) is -1.70. The molecular formula is C12H20O6. The van der Waals surface area contributed by atoms with E-state index >= 15 is 0 Å². The highest BCUT2D eigenvalue weighted by Crippen LogP contribution is 2.36. The van der Waals surface area contributed by atoms with Crippen molar-refractivity contribution in [1.82, 2.24) is 0 Å². The third kappa shape index (κ3) is 3.20. The first kappa shape index (κ1) is 14.9. The molecule has 0 bridgehead atoms. The quantitative estimate of drug-likeness (QED) is 0.486. The molecule has 2 atom stereocenters. The van der Waals surface area contributed by atoms with Crippen molar-refractivity contribution in [2.45, 2.75) is 63.6 Å². The molecule has 0 aromatic rings. The van der Waals surface area contributed by atoms with E-state index in [2.05, 4.69) is 16.7 Å². The first-order valence-corrected chi connectivity index (χ1v) is 6.35. The molecule has 0 saturated carbocycles. The summed E-state index contributed by atoms with van der Waals surface area (Å²) in [7, 11) is 0. The van der Waals surface area contributed by atoms with E-state index in [-0.39, 0.29) is 6.42 Å². The smallest absolute Gasteiger partial charge is 0.342 e. The SMILES string of the molecule is CCCCCCCCC1(C(=O)O)OOC1C(=O)O. The average Bonchev–Trinajstić information content (AvgIpc) is 2.25. The third-order valence-electron chi connectivity index (χ3n) is 3.20. The summed E-state index contributed by atoms with van der Waals surface area (Å²) in [6, 6.07) is 0. The predicted molar refractivity (Wildman–Crippen MR) is 62.0 cm³/mol. The molecule has 1 aliphatic heterocycles. The number of carbonyl (C=O) groups is 2. The minimum Gasteiger partial charge on any atom is -0.479 e. The number of carboxylic acid groups (broad SMARTS) is 2. The molecule has 18 heavy (non-hydrogen) atoms. The summed E-state index contributed by atoms with van der Waals surface area (Å²) < 4.78 is 0. The van der Waals surface area contributed by atoms with Crippen LogP contribution < -0.4 is 0 Å².